The zero-order valence-electron chi connectivity index (χ0n) is 16.5. The molecule has 0 radical (unpaired) electrons. The second kappa shape index (κ2) is 9.91. The molecule has 30 heavy (non-hydrogen) atoms. The first-order chi connectivity index (χ1) is 14.7. The van der Waals surface area contributed by atoms with Crippen LogP contribution in [0.1, 0.15) is 29.1 Å². The number of nitrogens with one attached hydrogen (secondary N) is 1. The number of anilines is 1. The summed E-state index contributed by atoms with van der Waals surface area (Å²) in [4.78, 5) is 23.6. The largest absolute Gasteiger partial charge is 0.486 e. The molecule has 1 N–H and O–H groups in total. The van der Waals surface area contributed by atoms with Crippen molar-refractivity contribution in [1.29, 1.82) is 0 Å². The zero-order valence-corrected chi connectivity index (χ0v) is 18.1. The van der Waals surface area contributed by atoms with Gasteiger partial charge in [-0.25, -0.2) is 9.97 Å². The number of rotatable bonds is 8. The fourth-order valence-corrected chi connectivity index (χ4v) is 4.12. The number of amides is 1. The Bertz CT molecular complexity index is 987. The van der Waals surface area contributed by atoms with Crippen LogP contribution in [-0.4, -0.2) is 29.0 Å². The maximum atomic E-state index is 12.3. The lowest BCUT2D eigenvalue weighted by molar-refractivity contribution is -0.120. The number of nitrogens with zero attached hydrogens (tertiary/aromatic N) is 3. The van der Waals surface area contributed by atoms with Crippen molar-refractivity contribution in [1.82, 2.24) is 15.3 Å². The first-order valence-electron chi connectivity index (χ1n) is 9.94. The van der Waals surface area contributed by atoms with Crippen LogP contribution in [0, 0.1) is 0 Å². The van der Waals surface area contributed by atoms with E-state index in [1.54, 1.807) is 12.1 Å². The molecule has 0 unspecified atom stereocenters. The van der Waals surface area contributed by atoms with Crippen molar-refractivity contribution in [3.63, 3.8) is 0 Å². The Morgan fingerprint density at radius 2 is 2.00 bits per heavy atom. The number of benzene rings is 1. The molecule has 3 aromatic rings. The lowest BCUT2D eigenvalue weighted by Crippen LogP contribution is -2.25. The van der Waals surface area contributed by atoms with Crippen molar-refractivity contribution in [3.05, 3.63) is 69.3 Å². The molecule has 3 heterocycles. The first kappa shape index (κ1) is 20.6. The Hall–Kier alpha value is -2.64. The predicted molar refractivity (Wildman–Crippen MR) is 119 cm³/mol. The molecule has 2 aromatic heterocycles. The Kier molecular flexibility index (Phi) is 6.81. The second-order valence-electron chi connectivity index (χ2n) is 7.15. The number of thiazole rings is 1. The molecule has 1 aliphatic rings. The summed E-state index contributed by atoms with van der Waals surface area (Å²) in [5.74, 6) is 1.67. The first-order valence-corrected chi connectivity index (χ1v) is 11.2. The van der Waals surface area contributed by atoms with Crippen LogP contribution in [-0.2, 0) is 24.4 Å². The van der Waals surface area contributed by atoms with Gasteiger partial charge >= 0.3 is 0 Å². The zero-order chi connectivity index (χ0) is 20.8. The van der Waals surface area contributed by atoms with E-state index in [-0.39, 0.29) is 12.3 Å². The third kappa shape index (κ3) is 5.70. The van der Waals surface area contributed by atoms with Crippen molar-refractivity contribution in [2.75, 3.05) is 18.0 Å². The van der Waals surface area contributed by atoms with Gasteiger partial charge in [-0.3, -0.25) is 4.79 Å². The molecule has 1 aliphatic heterocycles. The summed E-state index contributed by atoms with van der Waals surface area (Å²) in [6.07, 6.45) is 4.48. The summed E-state index contributed by atoms with van der Waals surface area (Å²) in [6, 6.07) is 11.2. The van der Waals surface area contributed by atoms with Crippen LogP contribution in [0.15, 0.2) is 48.0 Å². The highest BCUT2D eigenvalue weighted by Crippen LogP contribution is 2.19. The van der Waals surface area contributed by atoms with Gasteiger partial charge in [0.1, 0.15) is 23.2 Å². The fourth-order valence-electron chi connectivity index (χ4n) is 3.29. The molecule has 0 atom stereocenters. The van der Waals surface area contributed by atoms with E-state index in [2.05, 4.69) is 26.3 Å². The average molecular weight is 443 g/mol. The number of carbonyl (C=O) groups is 1. The molecule has 8 heteroatoms. The van der Waals surface area contributed by atoms with Crippen molar-refractivity contribution in [2.45, 2.75) is 32.4 Å². The van der Waals surface area contributed by atoms with Crippen molar-refractivity contribution >= 4 is 34.7 Å². The summed E-state index contributed by atoms with van der Waals surface area (Å²) in [5.41, 5.74) is 1.80. The summed E-state index contributed by atoms with van der Waals surface area (Å²) in [6.45, 7) is 2.95. The number of halogens is 1. The van der Waals surface area contributed by atoms with Gasteiger partial charge in [0.2, 0.25) is 5.91 Å². The predicted octanol–water partition coefficient (Wildman–Crippen LogP) is 4.23. The highest BCUT2D eigenvalue weighted by molar-refractivity contribution is 7.09. The van der Waals surface area contributed by atoms with Crippen LogP contribution < -0.4 is 15.0 Å². The number of carbonyl (C=O) groups excluding carboxylic acids is 1. The van der Waals surface area contributed by atoms with Crippen LogP contribution >= 0.6 is 22.9 Å². The van der Waals surface area contributed by atoms with Gasteiger partial charge in [-0.1, -0.05) is 11.6 Å². The molecule has 1 aromatic carbocycles. The lowest BCUT2D eigenvalue weighted by Gasteiger charge is -2.16. The van der Waals surface area contributed by atoms with E-state index < -0.39 is 0 Å². The van der Waals surface area contributed by atoms with E-state index in [0.29, 0.717) is 18.2 Å². The van der Waals surface area contributed by atoms with Crippen LogP contribution in [0.3, 0.4) is 0 Å². The molecule has 4 rings (SSSR count). The summed E-state index contributed by atoms with van der Waals surface area (Å²) in [5, 5.41) is 6.38. The number of aromatic nitrogens is 2. The third-order valence-corrected chi connectivity index (χ3v) is 5.97. The monoisotopic (exact) mass is 442 g/mol. The van der Waals surface area contributed by atoms with Crippen molar-refractivity contribution in [3.8, 4) is 5.75 Å². The van der Waals surface area contributed by atoms with E-state index in [0.717, 1.165) is 40.9 Å². The summed E-state index contributed by atoms with van der Waals surface area (Å²) in [7, 11) is 0. The molecule has 0 saturated carbocycles. The third-order valence-electron chi connectivity index (χ3n) is 4.85. The van der Waals surface area contributed by atoms with Gasteiger partial charge in [0, 0.05) is 36.2 Å². The molecule has 6 nitrogen and oxygen atoms in total. The number of hydrogen-bond donors (Lipinski definition) is 1. The standard InChI is InChI=1S/C22H23ClN4O2S/c23-17-3-5-19(6-4-17)29-14-22-26-18(15-30-22)12-21(28)25-13-16-7-8-24-20(11-16)27-9-1-2-10-27/h3-8,11,15H,1-2,9-10,12-14H2,(H,25,28). The summed E-state index contributed by atoms with van der Waals surface area (Å²) >= 11 is 7.36. The molecule has 1 amide bonds. The van der Waals surface area contributed by atoms with Crippen LogP contribution in [0.25, 0.3) is 0 Å². The second-order valence-corrected chi connectivity index (χ2v) is 8.52. The molecular formula is C22H23ClN4O2S. The molecule has 156 valence electrons. The Balaban J connectivity index is 1.24. The normalized spacial score (nSPS) is 13.4. The van der Waals surface area contributed by atoms with Gasteiger partial charge in [0.15, 0.2) is 0 Å². The van der Waals surface area contributed by atoms with Gasteiger partial charge in [-0.15, -0.1) is 11.3 Å². The Labute approximate surface area is 184 Å². The molecule has 1 saturated heterocycles. The lowest BCUT2D eigenvalue weighted by atomic mass is 10.2. The fraction of sp³-hybridized carbons (Fsp3) is 0.318. The molecular weight excluding hydrogens is 420 g/mol. The van der Waals surface area contributed by atoms with Gasteiger partial charge in [0.05, 0.1) is 12.1 Å². The number of ether oxygens (including phenoxy) is 1. The van der Waals surface area contributed by atoms with Crippen LogP contribution in [0.5, 0.6) is 5.75 Å². The van der Waals surface area contributed by atoms with Crippen molar-refractivity contribution < 1.29 is 9.53 Å². The average Bonchev–Trinajstić information content (AvgIpc) is 3.45. The maximum Gasteiger partial charge on any atom is 0.226 e. The van der Waals surface area contributed by atoms with Crippen molar-refractivity contribution in [2.24, 2.45) is 0 Å². The van der Waals surface area contributed by atoms with Crippen LogP contribution in [0.2, 0.25) is 5.02 Å². The Morgan fingerprint density at radius 1 is 1.20 bits per heavy atom. The van der Waals surface area contributed by atoms with Gasteiger partial charge in [0.25, 0.3) is 0 Å². The maximum absolute atomic E-state index is 12.3. The minimum atomic E-state index is -0.0509. The topological polar surface area (TPSA) is 67.3 Å². The number of hydrogen-bond acceptors (Lipinski definition) is 6. The smallest absolute Gasteiger partial charge is 0.226 e. The minimum absolute atomic E-state index is 0.0509. The molecule has 0 bridgehead atoms. The van der Waals surface area contributed by atoms with Crippen LogP contribution in [0.4, 0.5) is 5.82 Å². The highest BCUT2D eigenvalue weighted by atomic mass is 35.5. The van der Waals surface area contributed by atoms with Gasteiger partial charge in [-0.05, 0) is 54.8 Å². The molecule has 0 spiro atoms. The SMILES string of the molecule is O=C(Cc1csc(COc2ccc(Cl)cc2)n1)NCc1ccnc(N2CCCC2)c1. The quantitative estimate of drug-likeness (QED) is 0.565. The van der Waals surface area contributed by atoms with Gasteiger partial charge < -0.3 is 15.0 Å². The molecule has 0 aliphatic carbocycles. The van der Waals surface area contributed by atoms with E-state index in [4.69, 9.17) is 16.3 Å². The van der Waals surface area contributed by atoms with E-state index in [9.17, 15) is 4.79 Å². The summed E-state index contributed by atoms with van der Waals surface area (Å²) < 4.78 is 5.70. The Morgan fingerprint density at radius 3 is 2.80 bits per heavy atom. The van der Waals surface area contributed by atoms with Gasteiger partial charge in [-0.2, -0.15) is 0 Å². The van der Waals surface area contributed by atoms with E-state index in [1.165, 1.54) is 24.2 Å². The van der Waals surface area contributed by atoms with E-state index in [1.807, 2.05) is 29.8 Å². The molecule has 1 fully saturated rings. The highest BCUT2D eigenvalue weighted by Gasteiger charge is 2.14. The van der Waals surface area contributed by atoms with E-state index >= 15 is 0 Å². The number of pyridine rings is 1. The minimum Gasteiger partial charge on any atom is -0.486 e.